The Morgan fingerprint density at radius 1 is 1.14 bits per heavy atom. The third-order valence-corrected chi connectivity index (χ3v) is 5.50. The van der Waals surface area contributed by atoms with Crippen LogP contribution in [0.3, 0.4) is 0 Å². The predicted molar refractivity (Wildman–Crippen MR) is 115 cm³/mol. The summed E-state index contributed by atoms with van der Waals surface area (Å²) in [4.78, 5) is 17.1. The number of aromatic nitrogens is 1. The van der Waals surface area contributed by atoms with Crippen molar-refractivity contribution in [2.45, 2.75) is 18.9 Å². The number of nitriles is 1. The summed E-state index contributed by atoms with van der Waals surface area (Å²) in [7, 11) is 3.10. The molecule has 0 saturated heterocycles. The van der Waals surface area contributed by atoms with Crippen molar-refractivity contribution >= 4 is 34.3 Å². The number of ether oxygens (including phenoxy) is 2. The third-order valence-electron chi connectivity index (χ3n) is 4.51. The number of pyridine rings is 1. The number of thioether (sulfide) groups is 1. The van der Waals surface area contributed by atoms with Gasteiger partial charge in [0.2, 0.25) is 5.91 Å². The van der Waals surface area contributed by atoms with Crippen LogP contribution < -0.4 is 14.8 Å². The van der Waals surface area contributed by atoms with Gasteiger partial charge in [0.1, 0.15) is 22.6 Å². The van der Waals surface area contributed by atoms with E-state index in [-0.39, 0.29) is 11.7 Å². The average molecular weight is 407 g/mol. The second kappa shape index (κ2) is 8.84. The van der Waals surface area contributed by atoms with E-state index in [9.17, 15) is 10.1 Å². The maximum Gasteiger partial charge on any atom is 0.234 e. The number of nitrogens with one attached hydrogen (secondary N) is 1. The lowest BCUT2D eigenvalue weighted by molar-refractivity contribution is -0.113. The Bertz CT molecular complexity index is 1120. The zero-order valence-corrected chi connectivity index (χ0v) is 17.5. The molecule has 0 fully saturated rings. The van der Waals surface area contributed by atoms with Crippen LogP contribution in [0, 0.1) is 25.2 Å². The molecule has 0 atom stereocenters. The molecule has 0 aliphatic carbocycles. The Kier molecular flexibility index (Phi) is 6.25. The number of rotatable bonds is 6. The van der Waals surface area contributed by atoms with Gasteiger partial charge in [-0.05, 0) is 43.2 Å². The number of hydrogen-bond donors (Lipinski definition) is 1. The highest BCUT2D eigenvalue weighted by atomic mass is 32.2. The Hall–Kier alpha value is -3.24. The van der Waals surface area contributed by atoms with E-state index in [2.05, 4.69) is 16.4 Å². The molecule has 1 amide bonds. The van der Waals surface area contributed by atoms with E-state index >= 15 is 0 Å². The first kappa shape index (κ1) is 20.5. The number of anilines is 1. The van der Waals surface area contributed by atoms with Gasteiger partial charge < -0.3 is 14.8 Å². The van der Waals surface area contributed by atoms with Gasteiger partial charge in [-0.1, -0.05) is 23.9 Å². The summed E-state index contributed by atoms with van der Waals surface area (Å²) in [5.41, 5.74) is 3.96. The van der Waals surface area contributed by atoms with Crippen molar-refractivity contribution in [1.82, 2.24) is 4.98 Å². The zero-order chi connectivity index (χ0) is 21.0. The van der Waals surface area contributed by atoms with Crippen LogP contribution in [0.2, 0.25) is 0 Å². The SMILES string of the molecule is COc1ccc(NC(=O)CSc2nc3c(C)ccc(C)c3cc2C#N)c(OC)c1. The molecular formula is C22H21N3O3S. The topological polar surface area (TPSA) is 84.2 Å². The van der Waals surface area contributed by atoms with E-state index in [0.29, 0.717) is 27.8 Å². The molecule has 1 N–H and O–H groups in total. The molecular weight excluding hydrogens is 386 g/mol. The minimum Gasteiger partial charge on any atom is -0.497 e. The number of aryl methyl sites for hydroxylation is 2. The van der Waals surface area contributed by atoms with Crippen LogP contribution >= 0.6 is 11.8 Å². The Morgan fingerprint density at radius 2 is 1.90 bits per heavy atom. The Balaban J connectivity index is 1.79. The highest BCUT2D eigenvalue weighted by molar-refractivity contribution is 8.00. The molecule has 3 aromatic rings. The van der Waals surface area contributed by atoms with E-state index in [1.54, 1.807) is 25.3 Å². The van der Waals surface area contributed by atoms with E-state index < -0.39 is 0 Å². The number of amides is 1. The lowest BCUT2D eigenvalue weighted by Gasteiger charge is -2.12. The second-order valence-corrected chi connectivity index (χ2v) is 7.42. The van der Waals surface area contributed by atoms with Crippen molar-refractivity contribution in [3.63, 3.8) is 0 Å². The molecule has 2 aromatic carbocycles. The monoisotopic (exact) mass is 407 g/mol. The highest BCUT2D eigenvalue weighted by Gasteiger charge is 2.14. The molecule has 0 saturated carbocycles. The molecule has 1 aromatic heterocycles. The molecule has 0 aliphatic heterocycles. The first-order chi connectivity index (χ1) is 14.0. The zero-order valence-electron chi connectivity index (χ0n) is 16.7. The van der Waals surface area contributed by atoms with Crippen LogP contribution in [0.25, 0.3) is 10.9 Å². The van der Waals surface area contributed by atoms with Crippen molar-refractivity contribution in [1.29, 1.82) is 5.26 Å². The molecule has 0 unspecified atom stereocenters. The lowest BCUT2D eigenvalue weighted by Crippen LogP contribution is -2.15. The molecule has 148 valence electrons. The van der Waals surface area contributed by atoms with Gasteiger partial charge in [-0.2, -0.15) is 5.26 Å². The van der Waals surface area contributed by atoms with Gasteiger partial charge in [-0.3, -0.25) is 4.79 Å². The van der Waals surface area contributed by atoms with Gasteiger partial charge in [0, 0.05) is 11.5 Å². The van der Waals surface area contributed by atoms with Crippen molar-refractivity contribution in [2.75, 3.05) is 25.3 Å². The summed E-state index contributed by atoms with van der Waals surface area (Å²) in [6.07, 6.45) is 0. The second-order valence-electron chi connectivity index (χ2n) is 6.45. The number of carbonyl (C=O) groups is 1. The summed E-state index contributed by atoms with van der Waals surface area (Å²) < 4.78 is 10.5. The summed E-state index contributed by atoms with van der Waals surface area (Å²) in [6.45, 7) is 3.98. The summed E-state index contributed by atoms with van der Waals surface area (Å²) >= 11 is 1.24. The maximum absolute atomic E-state index is 12.5. The minimum absolute atomic E-state index is 0.118. The molecule has 0 spiro atoms. The van der Waals surface area contributed by atoms with Gasteiger partial charge in [-0.25, -0.2) is 4.98 Å². The quantitative estimate of drug-likeness (QED) is 0.607. The minimum atomic E-state index is -0.217. The maximum atomic E-state index is 12.5. The first-order valence-corrected chi connectivity index (χ1v) is 9.91. The summed E-state index contributed by atoms with van der Waals surface area (Å²) in [6, 6.07) is 13.2. The molecule has 29 heavy (non-hydrogen) atoms. The Labute approximate surface area is 173 Å². The normalized spacial score (nSPS) is 10.4. The number of nitrogens with zero attached hydrogens (tertiary/aromatic N) is 2. The molecule has 0 bridgehead atoms. The van der Waals surface area contributed by atoms with E-state index in [0.717, 1.165) is 22.0 Å². The third kappa shape index (κ3) is 4.44. The van der Waals surface area contributed by atoms with Gasteiger partial charge in [0.05, 0.1) is 36.7 Å². The smallest absolute Gasteiger partial charge is 0.234 e. The lowest BCUT2D eigenvalue weighted by atomic mass is 10.0. The molecule has 7 heteroatoms. The fraction of sp³-hybridized carbons (Fsp3) is 0.227. The van der Waals surface area contributed by atoms with Crippen molar-refractivity contribution in [3.05, 3.63) is 53.1 Å². The van der Waals surface area contributed by atoms with Crippen LogP contribution in [0.15, 0.2) is 41.4 Å². The number of carbonyl (C=O) groups excluding carboxylic acids is 1. The first-order valence-electron chi connectivity index (χ1n) is 8.92. The molecule has 6 nitrogen and oxygen atoms in total. The summed E-state index contributed by atoms with van der Waals surface area (Å²) in [5.74, 6) is 1.05. The van der Waals surface area contributed by atoms with Crippen LogP contribution in [0.5, 0.6) is 11.5 Å². The molecule has 1 heterocycles. The van der Waals surface area contributed by atoms with E-state index in [4.69, 9.17) is 9.47 Å². The van der Waals surface area contributed by atoms with Crippen molar-refractivity contribution < 1.29 is 14.3 Å². The van der Waals surface area contributed by atoms with E-state index in [1.165, 1.54) is 18.9 Å². The van der Waals surface area contributed by atoms with Gasteiger partial charge in [-0.15, -0.1) is 0 Å². The predicted octanol–water partition coefficient (Wildman–Crippen LogP) is 4.47. The van der Waals surface area contributed by atoms with E-state index in [1.807, 2.05) is 32.0 Å². The standard InChI is InChI=1S/C22H21N3O3S/c1-13-5-6-14(2)21-17(13)9-15(11-23)22(25-21)29-12-20(26)24-18-8-7-16(27-3)10-19(18)28-4/h5-10H,12H2,1-4H3,(H,24,26). The number of fused-ring (bicyclic) bond motifs is 1. The van der Waals surface area contributed by atoms with Crippen LogP contribution in [-0.2, 0) is 4.79 Å². The van der Waals surface area contributed by atoms with Gasteiger partial charge in [0.25, 0.3) is 0 Å². The molecule has 0 aliphatic rings. The van der Waals surface area contributed by atoms with Crippen molar-refractivity contribution in [3.8, 4) is 17.6 Å². The fourth-order valence-corrected chi connectivity index (χ4v) is 3.68. The number of benzene rings is 2. The van der Waals surface area contributed by atoms with Crippen LogP contribution in [-0.4, -0.2) is 30.9 Å². The number of methoxy groups -OCH3 is 2. The molecule has 3 rings (SSSR count). The fourth-order valence-electron chi connectivity index (χ4n) is 2.93. The average Bonchev–Trinajstić information content (AvgIpc) is 2.74. The summed E-state index contributed by atoms with van der Waals surface area (Å²) in [5, 5.41) is 13.9. The molecule has 0 radical (unpaired) electrons. The van der Waals surface area contributed by atoms with Crippen LogP contribution in [0.1, 0.15) is 16.7 Å². The highest BCUT2D eigenvalue weighted by Crippen LogP contribution is 2.30. The largest absolute Gasteiger partial charge is 0.497 e. The van der Waals surface area contributed by atoms with Gasteiger partial charge in [0.15, 0.2) is 0 Å². The van der Waals surface area contributed by atoms with Gasteiger partial charge >= 0.3 is 0 Å². The number of hydrogen-bond acceptors (Lipinski definition) is 6. The van der Waals surface area contributed by atoms with Crippen molar-refractivity contribution in [2.24, 2.45) is 0 Å². The Morgan fingerprint density at radius 3 is 2.59 bits per heavy atom. The van der Waals surface area contributed by atoms with Crippen LogP contribution in [0.4, 0.5) is 5.69 Å².